The lowest BCUT2D eigenvalue weighted by Crippen LogP contribution is -1.97. The predicted octanol–water partition coefficient (Wildman–Crippen LogP) is 12.4. The number of para-hydroxylation sites is 4. The second kappa shape index (κ2) is 12.5. The molecule has 0 aliphatic carbocycles. The van der Waals surface area contributed by atoms with E-state index in [9.17, 15) is 5.11 Å². The van der Waals surface area contributed by atoms with Crippen molar-refractivity contribution in [3.63, 3.8) is 0 Å². The van der Waals surface area contributed by atoms with Crippen molar-refractivity contribution in [3.8, 4) is 67.5 Å². The van der Waals surface area contributed by atoms with Crippen molar-refractivity contribution in [2.24, 2.45) is 0 Å². The summed E-state index contributed by atoms with van der Waals surface area (Å²) < 4.78 is 8.71. The molecule has 0 saturated carbocycles. The zero-order valence-corrected chi connectivity index (χ0v) is 28.5. The van der Waals surface area contributed by atoms with Crippen molar-refractivity contribution in [2.45, 2.75) is 0 Å². The first-order valence-corrected chi connectivity index (χ1v) is 17.6. The molecule has 10 rings (SSSR count). The number of hydrogen-bond donors (Lipinski definition) is 1. The molecule has 7 aromatic carbocycles. The number of imidazole rings is 1. The fourth-order valence-corrected chi connectivity index (χ4v) is 7.43. The molecule has 0 atom stereocenters. The minimum Gasteiger partial charge on any atom is -0.507 e. The fourth-order valence-electron chi connectivity index (χ4n) is 7.43. The summed E-state index contributed by atoms with van der Waals surface area (Å²) in [6.45, 7) is 0. The van der Waals surface area contributed by atoms with Crippen LogP contribution in [0.15, 0.2) is 187 Å². The molecule has 0 saturated heterocycles. The third-order valence-electron chi connectivity index (χ3n) is 9.99. The number of aromatic nitrogens is 3. The molecule has 3 heterocycles. The third-order valence-corrected chi connectivity index (χ3v) is 9.99. The van der Waals surface area contributed by atoms with Crippen LogP contribution in [0.3, 0.4) is 0 Å². The van der Waals surface area contributed by atoms with E-state index in [2.05, 4.69) is 114 Å². The van der Waals surface area contributed by atoms with Crippen LogP contribution in [-0.4, -0.2) is 19.6 Å². The molecule has 3 aromatic heterocycles. The highest BCUT2D eigenvalue weighted by Gasteiger charge is 2.22. The first-order valence-electron chi connectivity index (χ1n) is 17.6. The van der Waals surface area contributed by atoms with Gasteiger partial charge in [0.15, 0.2) is 0 Å². The average Bonchev–Trinajstić information content (AvgIpc) is 3.80. The summed E-state index contributed by atoms with van der Waals surface area (Å²) >= 11 is 0. The Balaban J connectivity index is 1.18. The van der Waals surface area contributed by atoms with Gasteiger partial charge in [-0.1, -0.05) is 115 Å². The summed E-state index contributed by atoms with van der Waals surface area (Å²) in [5.41, 5.74) is 13.2. The van der Waals surface area contributed by atoms with Crippen LogP contribution in [0, 0.1) is 0 Å². The van der Waals surface area contributed by atoms with Gasteiger partial charge in [0.25, 0.3) is 0 Å². The first-order chi connectivity index (χ1) is 26.2. The number of nitrogens with zero attached hydrogens (tertiary/aromatic N) is 3. The van der Waals surface area contributed by atoms with Gasteiger partial charge in [-0.2, -0.15) is 0 Å². The molecule has 53 heavy (non-hydrogen) atoms. The molecule has 10 aromatic rings. The summed E-state index contributed by atoms with van der Waals surface area (Å²) in [6.07, 6.45) is 1.87. The van der Waals surface area contributed by atoms with Crippen LogP contribution in [0.25, 0.3) is 94.7 Å². The molecule has 0 radical (unpaired) electrons. The number of hydrogen-bond acceptors (Lipinski definition) is 4. The van der Waals surface area contributed by atoms with Crippen LogP contribution in [0.1, 0.15) is 0 Å². The molecule has 5 nitrogen and oxygen atoms in total. The van der Waals surface area contributed by atoms with E-state index in [0.29, 0.717) is 11.4 Å². The monoisotopic (exact) mass is 681 g/mol. The standard InChI is InChI=1S/C48H31N3O2/c52-44-20-9-7-17-39(44)48-50-46-37(18-11-19-43(46)51(48)36-14-5-2-6-15-36)35-28-40-38-16-8-10-21-45(38)53-47(40)41(29-35)42-30-34(26-27-49-42)33-24-22-32(23-25-33)31-12-3-1-4-13-31/h1-30,52H. The number of pyridine rings is 1. The highest BCUT2D eigenvalue weighted by atomic mass is 16.3. The van der Waals surface area contributed by atoms with Gasteiger partial charge in [0.1, 0.15) is 22.7 Å². The van der Waals surface area contributed by atoms with Crippen LogP contribution in [0.2, 0.25) is 0 Å². The molecule has 5 heteroatoms. The topological polar surface area (TPSA) is 64.1 Å². The van der Waals surface area contributed by atoms with Crippen LogP contribution in [-0.2, 0) is 0 Å². The van der Waals surface area contributed by atoms with Crippen molar-refractivity contribution < 1.29 is 9.52 Å². The molecule has 0 spiro atoms. The maximum absolute atomic E-state index is 11.0. The zero-order valence-electron chi connectivity index (χ0n) is 28.5. The SMILES string of the molecule is Oc1ccccc1-c1nc2c(-c3cc(-c4cc(-c5ccc(-c6ccccc6)cc5)ccn4)c4oc5ccccc5c4c3)cccc2n1-c1ccccc1. The van der Waals surface area contributed by atoms with E-state index in [1.807, 2.05) is 66.9 Å². The van der Waals surface area contributed by atoms with Crippen molar-refractivity contribution in [1.29, 1.82) is 0 Å². The Morgan fingerprint density at radius 2 is 1.17 bits per heavy atom. The molecular weight excluding hydrogens is 651 g/mol. The quantitative estimate of drug-likeness (QED) is 0.190. The molecule has 0 unspecified atom stereocenters. The van der Waals surface area contributed by atoms with Gasteiger partial charge < -0.3 is 9.52 Å². The maximum atomic E-state index is 11.0. The van der Waals surface area contributed by atoms with E-state index in [0.717, 1.165) is 72.2 Å². The van der Waals surface area contributed by atoms with Crippen LogP contribution < -0.4 is 0 Å². The van der Waals surface area contributed by atoms with Crippen molar-refractivity contribution in [1.82, 2.24) is 14.5 Å². The van der Waals surface area contributed by atoms with Crippen LogP contribution in [0.4, 0.5) is 0 Å². The molecule has 250 valence electrons. The van der Waals surface area contributed by atoms with Gasteiger partial charge in [-0.05, 0) is 88.5 Å². The average molecular weight is 682 g/mol. The number of phenolic OH excluding ortho intramolecular Hbond substituents is 1. The molecule has 0 aliphatic heterocycles. The van der Waals surface area contributed by atoms with Gasteiger partial charge in [0.2, 0.25) is 0 Å². The summed E-state index contributed by atoms with van der Waals surface area (Å²) in [5, 5.41) is 13.0. The molecule has 0 amide bonds. The lowest BCUT2D eigenvalue weighted by Gasteiger charge is -2.11. The van der Waals surface area contributed by atoms with E-state index in [-0.39, 0.29) is 5.75 Å². The number of furan rings is 1. The van der Waals surface area contributed by atoms with E-state index < -0.39 is 0 Å². The minimum atomic E-state index is 0.177. The zero-order chi connectivity index (χ0) is 35.3. The van der Waals surface area contributed by atoms with Gasteiger partial charge in [-0.15, -0.1) is 0 Å². The predicted molar refractivity (Wildman–Crippen MR) is 215 cm³/mol. The Morgan fingerprint density at radius 3 is 1.98 bits per heavy atom. The molecular formula is C48H31N3O2. The second-order valence-electron chi connectivity index (χ2n) is 13.2. The van der Waals surface area contributed by atoms with Crippen LogP contribution in [0.5, 0.6) is 5.75 Å². The highest BCUT2D eigenvalue weighted by molar-refractivity contribution is 6.12. The van der Waals surface area contributed by atoms with E-state index >= 15 is 0 Å². The number of fused-ring (bicyclic) bond motifs is 4. The van der Waals surface area contributed by atoms with Gasteiger partial charge in [-0.25, -0.2) is 4.98 Å². The van der Waals surface area contributed by atoms with E-state index in [1.165, 1.54) is 11.1 Å². The Bertz CT molecular complexity index is 2940. The fraction of sp³-hybridized carbons (Fsp3) is 0. The maximum Gasteiger partial charge on any atom is 0.149 e. The van der Waals surface area contributed by atoms with Crippen molar-refractivity contribution in [3.05, 3.63) is 182 Å². The summed E-state index contributed by atoms with van der Waals surface area (Å²) in [7, 11) is 0. The number of phenols is 1. The number of benzene rings is 7. The van der Waals surface area contributed by atoms with Crippen molar-refractivity contribution >= 4 is 33.0 Å². The largest absolute Gasteiger partial charge is 0.507 e. The Kier molecular flexibility index (Phi) is 7.22. The summed E-state index contributed by atoms with van der Waals surface area (Å²) in [4.78, 5) is 10.2. The first kappa shape index (κ1) is 30.6. The van der Waals surface area contributed by atoms with Gasteiger partial charge >= 0.3 is 0 Å². The lowest BCUT2D eigenvalue weighted by molar-refractivity contribution is 0.477. The van der Waals surface area contributed by atoms with Crippen LogP contribution >= 0.6 is 0 Å². The minimum absolute atomic E-state index is 0.177. The van der Waals surface area contributed by atoms with Gasteiger partial charge in [0.05, 0.1) is 22.3 Å². The number of aromatic hydroxyl groups is 1. The summed E-state index contributed by atoms with van der Waals surface area (Å²) in [6, 6.07) is 59.6. The van der Waals surface area contributed by atoms with E-state index in [1.54, 1.807) is 6.07 Å². The Morgan fingerprint density at radius 1 is 0.491 bits per heavy atom. The van der Waals surface area contributed by atoms with E-state index in [4.69, 9.17) is 14.4 Å². The second-order valence-corrected chi connectivity index (χ2v) is 13.2. The molecule has 0 bridgehead atoms. The Hall–Kier alpha value is -7.24. The third kappa shape index (κ3) is 5.26. The lowest BCUT2D eigenvalue weighted by atomic mass is 9.95. The van der Waals surface area contributed by atoms with Gasteiger partial charge in [-0.3, -0.25) is 9.55 Å². The van der Waals surface area contributed by atoms with Crippen molar-refractivity contribution in [2.75, 3.05) is 0 Å². The normalized spacial score (nSPS) is 11.5. The number of rotatable bonds is 6. The Labute approximate surface area is 305 Å². The van der Waals surface area contributed by atoms with Gasteiger partial charge in [0, 0.05) is 33.8 Å². The highest BCUT2D eigenvalue weighted by Crippen LogP contribution is 2.42. The smallest absolute Gasteiger partial charge is 0.149 e. The molecule has 1 N–H and O–H groups in total. The summed E-state index contributed by atoms with van der Waals surface area (Å²) in [5.74, 6) is 0.843. The molecule has 0 fully saturated rings. The molecule has 0 aliphatic rings.